The van der Waals surface area contributed by atoms with Gasteiger partial charge in [-0.3, -0.25) is 9.58 Å². The third-order valence-electron chi connectivity index (χ3n) is 9.85. The summed E-state index contributed by atoms with van der Waals surface area (Å²) in [4.78, 5) is 16.9. The monoisotopic (exact) mass is 737 g/mol. The quantitative estimate of drug-likeness (QED) is 0.114. The molecule has 0 bridgehead atoms. The van der Waals surface area contributed by atoms with Crippen molar-refractivity contribution in [1.82, 2.24) is 24.6 Å². The predicted molar refractivity (Wildman–Crippen MR) is 207 cm³/mol. The Morgan fingerprint density at radius 2 is 1.73 bits per heavy atom. The van der Waals surface area contributed by atoms with E-state index in [2.05, 4.69) is 35.6 Å². The summed E-state index contributed by atoms with van der Waals surface area (Å²) in [5.74, 6) is 0.0645. The Morgan fingerprint density at radius 3 is 2.39 bits per heavy atom. The first-order valence-electron chi connectivity index (χ1n) is 17.6. The average Bonchev–Trinajstić information content (AvgIpc) is 3.49. The summed E-state index contributed by atoms with van der Waals surface area (Å²) in [6.45, 7) is 17.8. The smallest absolute Gasteiger partial charge is 0.355 e. The van der Waals surface area contributed by atoms with Crippen LogP contribution < -0.4 is 10.1 Å². The van der Waals surface area contributed by atoms with Crippen LogP contribution in [-0.4, -0.2) is 69.1 Å². The van der Waals surface area contributed by atoms with E-state index in [0.717, 1.165) is 69.4 Å². The van der Waals surface area contributed by atoms with E-state index >= 15 is 0 Å². The molecule has 0 amide bonds. The van der Waals surface area contributed by atoms with Crippen molar-refractivity contribution in [1.29, 1.82) is 0 Å². The molecule has 274 valence electrons. The van der Waals surface area contributed by atoms with Crippen molar-refractivity contribution in [2.45, 2.75) is 85.5 Å². The number of aryl methyl sites for hydroxylation is 3. The normalized spacial score (nSPS) is 16.8. The summed E-state index contributed by atoms with van der Waals surface area (Å²) >= 11 is 7.13. The molecular formula is C40H50Cl2FN5O3. The number of halogens is 3. The van der Waals surface area contributed by atoms with Gasteiger partial charge in [0.1, 0.15) is 22.9 Å². The maximum absolute atomic E-state index is 14.4. The Morgan fingerprint density at radius 1 is 1.02 bits per heavy atom. The van der Waals surface area contributed by atoms with Crippen molar-refractivity contribution < 1.29 is 18.7 Å². The molecule has 51 heavy (non-hydrogen) atoms. The Kier molecular flexibility index (Phi) is 11.8. The van der Waals surface area contributed by atoms with Gasteiger partial charge in [-0.05, 0) is 103 Å². The molecule has 6 rings (SSSR count). The van der Waals surface area contributed by atoms with Crippen LogP contribution in [0.3, 0.4) is 0 Å². The number of fused-ring (bicyclic) bond motifs is 2. The van der Waals surface area contributed by atoms with Crippen LogP contribution >= 0.6 is 24.0 Å². The summed E-state index contributed by atoms with van der Waals surface area (Å²) in [6.07, 6.45) is 1.21. The molecule has 0 aliphatic carbocycles. The fourth-order valence-corrected chi connectivity index (χ4v) is 7.76. The minimum atomic E-state index is -0.689. The van der Waals surface area contributed by atoms with Crippen molar-refractivity contribution in [3.63, 3.8) is 0 Å². The van der Waals surface area contributed by atoms with E-state index in [9.17, 15) is 9.18 Å². The molecule has 2 atom stereocenters. The number of piperazine rings is 1. The Balaban J connectivity index is 0.00000504. The third kappa shape index (κ3) is 7.92. The first-order chi connectivity index (χ1) is 23.7. The molecule has 3 aromatic carbocycles. The lowest BCUT2D eigenvalue weighted by atomic mass is 9.98. The van der Waals surface area contributed by atoms with Gasteiger partial charge in [0.05, 0.1) is 22.8 Å². The number of carbonyl (C=O) groups excluding carboxylic acids is 1. The number of nitrogens with one attached hydrogen (secondary N) is 1. The molecule has 5 aromatic rings. The number of nitrogens with zero attached hydrogens (tertiary/aromatic N) is 4. The van der Waals surface area contributed by atoms with Crippen LogP contribution in [0.4, 0.5) is 4.39 Å². The molecule has 1 N–H and O–H groups in total. The van der Waals surface area contributed by atoms with E-state index in [-0.39, 0.29) is 24.2 Å². The molecule has 1 aliphatic heterocycles. The van der Waals surface area contributed by atoms with E-state index < -0.39 is 5.60 Å². The standard InChI is InChI=1S/C40H49ClFN5O3.ClH/c1-24-22-43-23-25(2)46(24)18-19-47-37-32(16-17-33(41)36(37)35-26(3)44-45(8)27(35)4)31(38(47)39(48)50-40(5,6)7)12-10-20-49-34-13-9-11-28-21-29(42)14-15-30(28)34;/h9,11,13-17,21,24-25,43H,10,12,18-20,22-23H2,1-8H3;1H. The predicted octanol–water partition coefficient (Wildman–Crippen LogP) is 8.68. The number of benzene rings is 3. The van der Waals surface area contributed by atoms with E-state index in [0.29, 0.717) is 54.5 Å². The summed E-state index contributed by atoms with van der Waals surface area (Å²) in [5.41, 5.74) is 5.42. The fraction of sp³-hybridized carbons (Fsp3) is 0.450. The molecule has 2 unspecified atom stereocenters. The highest BCUT2D eigenvalue weighted by atomic mass is 35.5. The number of ether oxygens (including phenoxy) is 2. The topological polar surface area (TPSA) is 73.6 Å². The number of carbonyl (C=O) groups is 1. The maximum atomic E-state index is 14.4. The Hall–Kier alpha value is -3.63. The van der Waals surface area contributed by atoms with Gasteiger partial charge in [-0.25, -0.2) is 9.18 Å². The second-order valence-corrected chi connectivity index (χ2v) is 15.0. The first-order valence-corrected chi connectivity index (χ1v) is 18.0. The fourth-order valence-electron chi connectivity index (χ4n) is 7.51. The van der Waals surface area contributed by atoms with Crippen LogP contribution in [0.5, 0.6) is 5.75 Å². The molecule has 0 radical (unpaired) electrons. The van der Waals surface area contributed by atoms with E-state index in [1.54, 1.807) is 6.07 Å². The minimum Gasteiger partial charge on any atom is -0.493 e. The Labute approximate surface area is 311 Å². The van der Waals surface area contributed by atoms with Gasteiger partial charge in [0.15, 0.2) is 0 Å². The molecule has 11 heteroatoms. The zero-order valence-corrected chi connectivity index (χ0v) is 32.5. The highest BCUT2D eigenvalue weighted by Crippen LogP contribution is 2.42. The van der Waals surface area contributed by atoms with Crippen molar-refractivity contribution in [2.24, 2.45) is 7.05 Å². The molecule has 1 saturated heterocycles. The van der Waals surface area contributed by atoms with Crippen molar-refractivity contribution in [3.8, 4) is 16.9 Å². The van der Waals surface area contributed by atoms with Crippen LogP contribution in [0.15, 0.2) is 48.5 Å². The van der Waals surface area contributed by atoms with Gasteiger partial charge in [0, 0.05) is 72.9 Å². The van der Waals surface area contributed by atoms with Gasteiger partial charge in [0.2, 0.25) is 0 Å². The van der Waals surface area contributed by atoms with Crippen LogP contribution in [0, 0.1) is 19.7 Å². The van der Waals surface area contributed by atoms with Crippen LogP contribution in [0.1, 0.15) is 68.5 Å². The van der Waals surface area contributed by atoms with Gasteiger partial charge in [-0.1, -0.05) is 29.8 Å². The van der Waals surface area contributed by atoms with Gasteiger partial charge in [0.25, 0.3) is 0 Å². The molecule has 2 aromatic heterocycles. The van der Waals surface area contributed by atoms with Crippen LogP contribution in [-0.2, 0) is 24.8 Å². The summed E-state index contributed by atoms with van der Waals surface area (Å²) < 4.78 is 30.4. The molecule has 1 aliphatic rings. The lowest BCUT2D eigenvalue weighted by Crippen LogP contribution is -2.55. The lowest BCUT2D eigenvalue weighted by molar-refractivity contribution is 0.00555. The number of hydrogen-bond acceptors (Lipinski definition) is 6. The zero-order valence-electron chi connectivity index (χ0n) is 30.9. The van der Waals surface area contributed by atoms with Gasteiger partial charge >= 0.3 is 5.97 Å². The molecule has 3 heterocycles. The second kappa shape index (κ2) is 15.5. The molecule has 1 fully saturated rings. The summed E-state index contributed by atoms with van der Waals surface area (Å²) in [6, 6.07) is 15.0. The number of rotatable bonds is 10. The van der Waals surface area contributed by atoms with E-state index in [4.69, 9.17) is 26.2 Å². The van der Waals surface area contributed by atoms with Gasteiger partial charge < -0.3 is 19.4 Å². The Bertz CT molecular complexity index is 2040. The summed E-state index contributed by atoms with van der Waals surface area (Å²) in [7, 11) is 1.94. The van der Waals surface area contributed by atoms with Crippen LogP contribution in [0.25, 0.3) is 32.8 Å². The molecule has 0 spiro atoms. The largest absolute Gasteiger partial charge is 0.493 e. The molecule has 8 nitrogen and oxygen atoms in total. The van der Waals surface area contributed by atoms with Crippen molar-refractivity contribution >= 4 is 51.7 Å². The number of aromatic nitrogens is 3. The molecule has 0 saturated carbocycles. The zero-order chi connectivity index (χ0) is 35.9. The maximum Gasteiger partial charge on any atom is 0.355 e. The van der Waals surface area contributed by atoms with E-state index in [1.807, 2.05) is 69.8 Å². The van der Waals surface area contributed by atoms with Crippen molar-refractivity contribution in [2.75, 3.05) is 26.2 Å². The second-order valence-electron chi connectivity index (χ2n) is 14.6. The highest BCUT2D eigenvalue weighted by Gasteiger charge is 2.32. The van der Waals surface area contributed by atoms with Gasteiger partial charge in [-0.15, -0.1) is 12.4 Å². The van der Waals surface area contributed by atoms with Crippen molar-refractivity contribution in [3.05, 3.63) is 82.0 Å². The van der Waals surface area contributed by atoms with E-state index in [1.165, 1.54) is 12.1 Å². The molecular weight excluding hydrogens is 688 g/mol. The van der Waals surface area contributed by atoms with Gasteiger partial charge in [-0.2, -0.15) is 5.10 Å². The lowest BCUT2D eigenvalue weighted by Gasteiger charge is -2.39. The number of hydrogen-bond donors (Lipinski definition) is 1. The van der Waals surface area contributed by atoms with Crippen LogP contribution in [0.2, 0.25) is 5.02 Å². The summed E-state index contributed by atoms with van der Waals surface area (Å²) in [5, 5.41) is 11.5. The minimum absolute atomic E-state index is 0. The third-order valence-corrected chi connectivity index (χ3v) is 10.2. The first kappa shape index (κ1) is 38.6. The average molecular weight is 739 g/mol. The SMILES string of the molecule is Cc1nn(C)c(C)c1-c1c(Cl)ccc2c(CCCOc3cccc4cc(F)ccc34)c(C(=O)OC(C)(C)C)n(CCN3C(C)CNCC3C)c12.Cl. The highest BCUT2D eigenvalue weighted by molar-refractivity contribution is 6.35. The number of esters is 1.